The molecule has 0 aliphatic rings. The molecule has 5 heteroatoms. The highest BCUT2D eigenvalue weighted by atomic mass is 35.5. The lowest BCUT2D eigenvalue weighted by Crippen LogP contribution is -2.05. The molecule has 2 rings (SSSR count). The molecule has 0 aliphatic heterocycles. The number of hydrogen-bond acceptors (Lipinski definition) is 3. The van der Waals surface area contributed by atoms with Crippen molar-refractivity contribution in [1.29, 1.82) is 0 Å². The average Bonchev–Trinajstić information content (AvgIpc) is 2.49. The third-order valence-corrected chi connectivity index (χ3v) is 4.06. The molecule has 2 aromatic carbocycles. The molecular weight excluding hydrogens is 302 g/mol. The first-order chi connectivity index (χ1) is 10.4. The molecule has 0 spiro atoms. The third-order valence-electron chi connectivity index (χ3n) is 3.65. The van der Waals surface area contributed by atoms with Crippen molar-refractivity contribution in [2.45, 2.75) is 33.8 Å². The second-order valence-corrected chi connectivity index (χ2v) is 5.59. The van der Waals surface area contributed by atoms with E-state index in [1.54, 1.807) is 12.1 Å². The number of hydrogen-bond donors (Lipinski definition) is 0. The van der Waals surface area contributed by atoms with Crippen molar-refractivity contribution < 1.29 is 9.66 Å². The highest BCUT2D eigenvalue weighted by molar-refractivity contribution is 6.31. The summed E-state index contributed by atoms with van der Waals surface area (Å²) in [5.41, 5.74) is 3.57. The molecule has 0 saturated carbocycles. The topological polar surface area (TPSA) is 52.4 Å². The molecule has 0 fully saturated rings. The normalized spacial score (nSPS) is 10.5. The van der Waals surface area contributed by atoms with Gasteiger partial charge in [-0.3, -0.25) is 10.1 Å². The van der Waals surface area contributed by atoms with Crippen molar-refractivity contribution in [1.82, 2.24) is 0 Å². The summed E-state index contributed by atoms with van der Waals surface area (Å²) in [6.45, 7) is 5.98. The second-order valence-electron chi connectivity index (χ2n) is 5.18. The lowest BCUT2D eigenvalue weighted by Gasteiger charge is -2.13. The molecule has 0 saturated heterocycles. The Labute approximate surface area is 134 Å². The van der Waals surface area contributed by atoms with Gasteiger partial charge in [-0.1, -0.05) is 36.7 Å². The smallest absolute Gasteiger partial charge is 0.276 e. The van der Waals surface area contributed by atoms with Crippen LogP contribution in [-0.4, -0.2) is 4.92 Å². The van der Waals surface area contributed by atoms with E-state index >= 15 is 0 Å². The lowest BCUT2D eigenvalue weighted by molar-refractivity contribution is -0.385. The summed E-state index contributed by atoms with van der Waals surface area (Å²) in [6, 6.07) is 8.80. The van der Waals surface area contributed by atoms with Crippen molar-refractivity contribution in [2.24, 2.45) is 0 Å². The van der Waals surface area contributed by atoms with Crippen LogP contribution in [0.3, 0.4) is 0 Å². The SMILES string of the molecule is CCc1cccc([N+](=O)[O-])c1COc1cc(Cl)c(C)cc1C. The zero-order chi connectivity index (χ0) is 16.3. The van der Waals surface area contributed by atoms with Crippen LogP contribution in [0.25, 0.3) is 0 Å². The molecule has 0 bridgehead atoms. The number of nitro benzene ring substituents is 1. The van der Waals surface area contributed by atoms with Crippen LogP contribution in [0.4, 0.5) is 5.69 Å². The van der Waals surface area contributed by atoms with Gasteiger partial charge >= 0.3 is 0 Å². The summed E-state index contributed by atoms with van der Waals surface area (Å²) in [6.07, 6.45) is 0.716. The van der Waals surface area contributed by atoms with E-state index in [0.717, 1.165) is 16.7 Å². The fourth-order valence-corrected chi connectivity index (χ4v) is 2.56. The predicted molar refractivity (Wildman–Crippen MR) is 87.7 cm³/mol. The first-order valence-electron chi connectivity index (χ1n) is 7.08. The Morgan fingerprint density at radius 1 is 1.23 bits per heavy atom. The van der Waals surface area contributed by atoms with Crippen LogP contribution in [0, 0.1) is 24.0 Å². The van der Waals surface area contributed by atoms with E-state index in [0.29, 0.717) is 22.8 Å². The van der Waals surface area contributed by atoms with Crippen molar-refractivity contribution in [3.05, 3.63) is 67.7 Å². The zero-order valence-electron chi connectivity index (χ0n) is 12.9. The van der Waals surface area contributed by atoms with Crippen LogP contribution in [0.5, 0.6) is 5.75 Å². The first kappa shape index (κ1) is 16.3. The standard InChI is InChI=1S/C17H18ClNO3/c1-4-13-6-5-7-16(19(20)21)14(13)10-22-17-9-15(18)11(2)8-12(17)3/h5-9H,4,10H2,1-3H3. The quantitative estimate of drug-likeness (QED) is 0.575. The predicted octanol–water partition coefficient (Wildman–Crippen LogP) is 5.01. The fourth-order valence-electron chi connectivity index (χ4n) is 2.40. The molecule has 22 heavy (non-hydrogen) atoms. The number of halogens is 1. The molecule has 0 unspecified atom stereocenters. The number of rotatable bonds is 5. The fraction of sp³-hybridized carbons (Fsp3) is 0.294. The Balaban J connectivity index is 2.32. The molecule has 116 valence electrons. The number of nitrogens with zero attached hydrogens (tertiary/aromatic N) is 1. The monoisotopic (exact) mass is 319 g/mol. The van der Waals surface area contributed by atoms with Crippen molar-refractivity contribution in [3.8, 4) is 5.75 Å². The van der Waals surface area contributed by atoms with Gasteiger partial charge in [-0.05, 0) is 43.0 Å². The van der Waals surface area contributed by atoms with E-state index < -0.39 is 0 Å². The molecule has 0 N–H and O–H groups in total. The number of ether oxygens (including phenoxy) is 1. The van der Waals surface area contributed by atoms with E-state index in [1.807, 2.05) is 32.9 Å². The minimum Gasteiger partial charge on any atom is -0.488 e. The maximum atomic E-state index is 11.2. The van der Waals surface area contributed by atoms with Gasteiger partial charge in [0, 0.05) is 11.1 Å². The van der Waals surface area contributed by atoms with E-state index in [2.05, 4.69) is 0 Å². The van der Waals surface area contributed by atoms with E-state index in [4.69, 9.17) is 16.3 Å². The zero-order valence-corrected chi connectivity index (χ0v) is 13.6. The van der Waals surface area contributed by atoms with Crippen molar-refractivity contribution in [3.63, 3.8) is 0 Å². The first-order valence-corrected chi connectivity index (χ1v) is 7.46. The Kier molecular flexibility index (Phi) is 5.03. The molecule has 0 atom stereocenters. The molecule has 0 heterocycles. The maximum absolute atomic E-state index is 11.2. The molecule has 0 radical (unpaired) electrons. The molecule has 4 nitrogen and oxygen atoms in total. The van der Waals surface area contributed by atoms with E-state index in [9.17, 15) is 10.1 Å². The van der Waals surface area contributed by atoms with Gasteiger partial charge in [0.15, 0.2) is 0 Å². The number of benzene rings is 2. The molecule has 0 aliphatic carbocycles. The van der Waals surface area contributed by atoms with Gasteiger partial charge in [0.05, 0.1) is 10.5 Å². The minimum atomic E-state index is -0.368. The molecule has 0 aromatic heterocycles. The number of nitro groups is 1. The van der Waals surface area contributed by atoms with E-state index in [-0.39, 0.29) is 17.2 Å². The molecule has 0 amide bonds. The van der Waals surface area contributed by atoms with Crippen LogP contribution in [0.2, 0.25) is 5.02 Å². The van der Waals surface area contributed by atoms with Crippen molar-refractivity contribution in [2.75, 3.05) is 0 Å². The summed E-state index contributed by atoms with van der Waals surface area (Å²) in [5, 5.41) is 11.8. The largest absolute Gasteiger partial charge is 0.488 e. The van der Waals surface area contributed by atoms with Crippen LogP contribution < -0.4 is 4.74 Å². The summed E-state index contributed by atoms with van der Waals surface area (Å²) in [4.78, 5) is 10.8. The number of aryl methyl sites for hydroxylation is 3. The van der Waals surface area contributed by atoms with Crippen LogP contribution >= 0.6 is 11.6 Å². The Morgan fingerprint density at radius 2 is 1.95 bits per heavy atom. The summed E-state index contributed by atoms with van der Waals surface area (Å²) in [5.74, 6) is 0.649. The Hall–Kier alpha value is -2.07. The van der Waals surface area contributed by atoms with Gasteiger partial charge < -0.3 is 4.74 Å². The lowest BCUT2D eigenvalue weighted by atomic mass is 10.0. The molecular formula is C17H18ClNO3. The second kappa shape index (κ2) is 6.79. The maximum Gasteiger partial charge on any atom is 0.276 e. The van der Waals surface area contributed by atoms with Gasteiger partial charge in [-0.25, -0.2) is 0 Å². The highest BCUT2D eigenvalue weighted by Gasteiger charge is 2.17. The third kappa shape index (κ3) is 3.39. The van der Waals surface area contributed by atoms with E-state index in [1.165, 1.54) is 6.07 Å². The van der Waals surface area contributed by atoms with Crippen LogP contribution in [-0.2, 0) is 13.0 Å². The van der Waals surface area contributed by atoms with Gasteiger partial charge in [0.1, 0.15) is 12.4 Å². The van der Waals surface area contributed by atoms with Crippen molar-refractivity contribution >= 4 is 17.3 Å². The molecule has 2 aromatic rings. The van der Waals surface area contributed by atoms with Gasteiger partial charge in [-0.15, -0.1) is 0 Å². The van der Waals surface area contributed by atoms with Crippen LogP contribution in [0.1, 0.15) is 29.2 Å². The van der Waals surface area contributed by atoms with Gasteiger partial charge in [-0.2, -0.15) is 0 Å². The minimum absolute atomic E-state index is 0.0928. The Bertz CT molecular complexity index is 713. The van der Waals surface area contributed by atoms with Gasteiger partial charge in [0.2, 0.25) is 0 Å². The summed E-state index contributed by atoms with van der Waals surface area (Å²) < 4.78 is 5.80. The Morgan fingerprint density at radius 3 is 2.59 bits per heavy atom. The van der Waals surface area contributed by atoms with Crippen LogP contribution in [0.15, 0.2) is 30.3 Å². The summed E-state index contributed by atoms with van der Waals surface area (Å²) in [7, 11) is 0. The van der Waals surface area contributed by atoms with Gasteiger partial charge in [0.25, 0.3) is 5.69 Å². The summed E-state index contributed by atoms with van der Waals surface area (Å²) >= 11 is 6.12. The average molecular weight is 320 g/mol. The highest BCUT2D eigenvalue weighted by Crippen LogP contribution is 2.29.